The molecule has 1 aliphatic heterocycles. The highest BCUT2D eigenvalue weighted by Crippen LogP contribution is 2.36. The molecule has 2 aromatic heterocycles. The zero-order valence-electron chi connectivity index (χ0n) is 16.2. The highest BCUT2D eigenvalue weighted by Gasteiger charge is 2.31. The first kappa shape index (κ1) is 22.0. The summed E-state index contributed by atoms with van der Waals surface area (Å²) in [6.07, 6.45) is 4.28. The van der Waals surface area contributed by atoms with Crippen LogP contribution < -0.4 is 10.6 Å². The average molecular weight is 500 g/mol. The molecule has 8 heteroatoms. The summed E-state index contributed by atoms with van der Waals surface area (Å²) in [5.74, 6) is 2.18. The molecule has 0 aliphatic carbocycles. The number of thiophene rings is 1. The van der Waals surface area contributed by atoms with E-state index in [2.05, 4.69) is 55.1 Å². The SMILES string of the molecule is CN=C(NCc1ccnc(C)n1)NCC1CCCN(C)C1c1cccs1.I. The fourth-order valence-electron chi connectivity index (χ4n) is 3.61. The minimum Gasteiger partial charge on any atom is -0.356 e. The zero-order valence-corrected chi connectivity index (χ0v) is 19.3. The molecule has 3 heterocycles. The smallest absolute Gasteiger partial charge is 0.191 e. The van der Waals surface area contributed by atoms with E-state index in [0.717, 1.165) is 24.0 Å². The van der Waals surface area contributed by atoms with Gasteiger partial charge in [0, 0.05) is 30.7 Å². The number of aryl methyl sites for hydroxylation is 1. The first-order valence-electron chi connectivity index (χ1n) is 9.14. The Morgan fingerprint density at radius 2 is 2.22 bits per heavy atom. The standard InChI is InChI=1S/C19H28N6S.HI/c1-14-21-9-8-16(24-14)13-23-19(20-2)22-12-15-6-4-10-25(3)18(15)17-7-5-11-26-17;/h5,7-9,11,15,18H,4,6,10,12-13H2,1-3H3,(H2,20,22,23);1H. The zero-order chi connectivity index (χ0) is 18.4. The van der Waals surface area contributed by atoms with Gasteiger partial charge < -0.3 is 10.6 Å². The number of piperidine rings is 1. The second-order valence-corrected chi connectivity index (χ2v) is 7.72. The van der Waals surface area contributed by atoms with Gasteiger partial charge in [0.2, 0.25) is 0 Å². The molecule has 6 nitrogen and oxygen atoms in total. The van der Waals surface area contributed by atoms with Crippen molar-refractivity contribution in [2.75, 3.05) is 27.2 Å². The highest BCUT2D eigenvalue weighted by molar-refractivity contribution is 14.0. The van der Waals surface area contributed by atoms with Crippen molar-refractivity contribution in [3.8, 4) is 0 Å². The van der Waals surface area contributed by atoms with E-state index >= 15 is 0 Å². The van der Waals surface area contributed by atoms with Crippen molar-refractivity contribution < 1.29 is 0 Å². The summed E-state index contributed by atoms with van der Waals surface area (Å²) >= 11 is 1.86. The molecular weight excluding hydrogens is 471 g/mol. The Hall–Kier alpha value is -1.26. The largest absolute Gasteiger partial charge is 0.356 e. The highest BCUT2D eigenvalue weighted by atomic mass is 127. The van der Waals surface area contributed by atoms with Crippen LogP contribution in [0.4, 0.5) is 0 Å². The second kappa shape index (κ2) is 10.9. The summed E-state index contributed by atoms with van der Waals surface area (Å²) in [7, 11) is 4.05. The van der Waals surface area contributed by atoms with E-state index in [1.807, 2.05) is 31.4 Å². The Bertz CT molecular complexity index is 721. The van der Waals surface area contributed by atoms with E-state index in [9.17, 15) is 0 Å². The third kappa shape index (κ3) is 6.11. The fourth-order valence-corrected chi connectivity index (χ4v) is 4.59. The van der Waals surface area contributed by atoms with Crippen LogP contribution in [0.5, 0.6) is 0 Å². The molecule has 2 atom stereocenters. The molecule has 1 aliphatic rings. The molecule has 1 fully saturated rings. The first-order chi connectivity index (χ1) is 12.7. The predicted molar refractivity (Wildman–Crippen MR) is 123 cm³/mol. The van der Waals surface area contributed by atoms with Gasteiger partial charge in [0.25, 0.3) is 0 Å². The summed E-state index contributed by atoms with van der Waals surface area (Å²) in [6, 6.07) is 6.82. The van der Waals surface area contributed by atoms with Gasteiger partial charge in [0.05, 0.1) is 12.2 Å². The number of nitrogens with zero attached hydrogens (tertiary/aromatic N) is 4. The van der Waals surface area contributed by atoms with Gasteiger partial charge in [-0.05, 0) is 56.8 Å². The summed E-state index contributed by atoms with van der Waals surface area (Å²) in [4.78, 5) is 16.9. The van der Waals surface area contributed by atoms with Crippen molar-refractivity contribution in [1.82, 2.24) is 25.5 Å². The monoisotopic (exact) mass is 500 g/mol. The van der Waals surface area contributed by atoms with Crippen LogP contribution in [0, 0.1) is 12.8 Å². The average Bonchev–Trinajstić information content (AvgIpc) is 3.16. The molecule has 2 unspecified atom stereocenters. The number of likely N-dealkylation sites (tertiary alicyclic amines) is 1. The summed E-state index contributed by atoms with van der Waals surface area (Å²) in [6.45, 7) is 4.62. The van der Waals surface area contributed by atoms with E-state index in [1.54, 1.807) is 6.20 Å². The lowest BCUT2D eigenvalue weighted by Gasteiger charge is -2.39. The van der Waals surface area contributed by atoms with E-state index in [1.165, 1.54) is 24.3 Å². The Kier molecular flexibility index (Phi) is 8.91. The number of hydrogen-bond acceptors (Lipinski definition) is 5. The number of halogens is 1. The molecule has 2 aromatic rings. The van der Waals surface area contributed by atoms with E-state index in [-0.39, 0.29) is 24.0 Å². The minimum absolute atomic E-state index is 0. The van der Waals surface area contributed by atoms with Crippen molar-refractivity contribution in [2.45, 2.75) is 32.4 Å². The van der Waals surface area contributed by atoms with E-state index in [0.29, 0.717) is 18.5 Å². The van der Waals surface area contributed by atoms with Gasteiger partial charge in [0.15, 0.2) is 5.96 Å². The number of rotatable bonds is 5. The van der Waals surface area contributed by atoms with Crippen LogP contribution in [0.15, 0.2) is 34.8 Å². The van der Waals surface area contributed by atoms with Crippen molar-refractivity contribution in [1.29, 1.82) is 0 Å². The molecule has 3 rings (SSSR count). The lowest BCUT2D eigenvalue weighted by atomic mass is 9.88. The third-order valence-corrected chi connectivity index (χ3v) is 5.81. The van der Waals surface area contributed by atoms with Crippen LogP contribution >= 0.6 is 35.3 Å². The first-order valence-corrected chi connectivity index (χ1v) is 10.0. The summed E-state index contributed by atoms with van der Waals surface area (Å²) < 4.78 is 0. The number of hydrogen-bond donors (Lipinski definition) is 2. The maximum Gasteiger partial charge on any atom is 0.191 e. The van der Waals surface area contributed by atoms with Crippen LogP contribution in [-0.4, -0.2) is 48.0 Å². The number of guanidine groups is 1. The van der Waals surface area contributed by atoms with Gasteiger partial charge in [-0.25, -0.2) is 9.97 Å². The van der Waals surface area contributed by atoms with Crippen LogP contribution in [0.25, 0.3) is 0 Å². The maximum atomic E-state index is 4.42. The number of nitrogens with one attached hydrogen (secondary N) is 2. The topological polar surface area (TPSA) is 65.4 Å². The lowest BCUT2D eigenvalue weighted by Crippen LogP contribution is -2.44. The molecule has 2 N–H and O–H groups in total. The van der Waals surface area contributed by atoms with Gasteiger partial charge >= 0.3 is 0 Å². The molecule has 148 valence electrons. The van der Waals surface area contributed by atoms with Crippen molar-refractivity contribution in [3.05, 3.63) is 46.2 Å². The van der Waals surface area contributed by atoms with Crippen molar-refractivity contribution in [3.63, 3.8) is 0 Å². The number of aromatic nitrogens is 2. The predicted octanol–water partition coefficient (Wildman–Crippen LogP) is 3.21. The molecule has 0 bridgehead atoms. The van der Waals surface area contributed by atoms with Crippen LogP contribution in [0.1, 0.15) is 35.3 Å². The maximum absolute atomic E-state index is 4.42. The molecule has 0 radical (unpaired) electrons. The van der Waals surface area contributed by atoms with Gasteiger partial charge in [-0.1, -0.05) is 6.07 Å². The fraction of sp³-hybridized carbons (Fsp3) is 0.526. The van der Waals surface area contributed by atoms with Crippen molar-refractivity contribution in [2.24, 2.45) is 10.9 Å². The molecule has 1 saturated heterocycles. The Balaban J connectivity index is 0.00000261. The van der Waals surface area contributed by atoms with E-state index < -0.39 is 0 Å². The van der Waals surface area contributed by atoms with E-state index in [4.69, 9.17) is 0 Å². The molecular formula is C19H29IN6S. The molecule has 0 amide bonds. The molecule has 0 aromatic carbocycles. The number of aliphatic imine (C=N–C) groups is 1. The third-order valence-electron chi connectivity index (χ3n) is 4.87. The molecule has 0 spiro atoms. The van der Waals surface area contributed by atoms with Crippen LogP contribution in [0.3, 0.4) is 0 Å². The van der Waals surface area contributed by atoms with Crippen LogP contribution in [-0.2, 0) is 6.54 Å². The van der Waals surface area contributed by atoms with Gasteiger partial charge in [-0.3, -0.25) is 9.89 Å². The normalized spacial score (nSPS) is 20.8. The van der Waals surface area contributed by atoms with Gasteiger partial charge in [0.1, 0.15) is 5.82 Å². The summed E-state index contributed by atoms with van der Waals surface area (Å²) in [5.41, 5.74) is 0.967. The minimum atomic E-state index is 0. The Morgan fingerprint density at radius 1 is 1.37 bits per heavy atom. The van der Waals surface area contributed by atoms with Gasteiger partial charge in [-0.2, -0.15) is 0 Å². The Labute approximate surface area is 182 Å². The van der Waals surface area contributed by atoms with Crippen LogP contribution in [0.2, 0.25) is 0 Å². The van der Waals surface area contributed by atoms with Crippen molar-refractivity contribution >= 4 is 41.3 Å². The lowest BCUT2D eigenvalue weighted by molar-refractivity contribution is 0.125. The quantitative estimate of drug-likeness (QED) is 0.375. The second-order valence-electron chi connectivity index (χ2n) is 6.75. The molecule has 0 saturated carbocycles. The van der Waals surface area contributed by atoms with Gasteiger partial charge in [-0.15, -0.1) is 35.3 Å². The molecule has 27 heavy (non-hydrogen) atoms. The Morgan fingerprint density at radius 3 is 2.93 bits per heavy atom. The summed E-state index contributed by atoms with van der Waals surface area (Å²) in [5, 5.41) is 9.03.